The SMILES string of the molecule is CCc1nnc2n1N1C(=CSC1c1cccc(O)c1)S2. The topological polar surface area (TPSA) is 54.2 Å². The van der Waals surface area contributed by atoms with E-state index in [-0.39, 0.29) is 5.37 Å². The van der Waals surface area contributed by atoms with E-state index in [4.69, 9.17) is 0 Å². The molecule has 1 unspecified atom stereocenters. The molecular formula is C13H12N4OS2. The number of phenols is 1. The summed E-state index contributed by atoms with van der Waals surface area (Å²) in [5.74, 6) is 1.26. The highest BCUT2D eigenvalue weighted by Gasteiger charge is 2.39. The first kappa shape index (κ1) is 12.2. The lowest BCUT2D eigenvalue weighted by molar-refractivity contribution is 0.474. The number of fused-ring (bicyclic) bond motifs is 3. The van der Waals surface area contributed by atoms with Crippen molar-refractivity contribution in [2.45, 2.75) is 23.9 Å². The Morgan fingerprint density at radius 3 is 3.05 bits per heavy atom. The zero-order chi connectivity index (χ0) is 13.7. The Bertz CT molecular complexity index is 712. The van der Waals surface area contributed by atoms with Gasteiger partial charge in [-0.3, -0.25) is 5.01 Å². The van der Waals surface area contributed by atoms with Crippen molar-refractivity contribution in [1.82, 2.24) is 14.9 Å². The van der Waals surface area contributed by atoms with Crippen molar-refractivity contribution in [3.05, 3.63) is 46.1 Å². The summed E-state index contributed by atoms with van der Waals surface area (Å²) < 4.78 is 2.09. The van der Waals surface area contributed by atoms with Gasteiger partial charge >= 0.3 is 0 Å². The summed E-state index contributed by atoms with van der Waals surface area (Å²) in [5.41, 5.74) is 1.07. The Kier molecular flexibility index (Phi) is 2.71. The van der Waals surface area contributed by atoms with Gasteiger partial charge in [-0.05, 0) is 29.5 Å². The summed E-state index contributed by atoms with van der Waals surface area (Å²) in [6.07, 6.45) is 0.842. The second-order valence-electron chi connectivity index (χ2n) is 4.55. The van der Waals surface area contributed by atoms with Gasteiger partial charge in [-0.1, -0.05) is 30.8 Å². The first-order chi connectivity index (χ1) is 9.78. The highest BCUT2D eigenvalue weighted by molar-refractivity contribution is 8.07. The molecule has 2 aliphatic rings. The number of benzene rings is 1. The van der Waals surface area contributed by atoms with Gasteiger partial charge in [0.05, 0.1) is 0 Å². The fourth-order valence-electron chi connectivity index (χ4n) is 2.41. The van der Waals surface area contributed by atoms with Crippen molar-refractivity contribution >= 4 is 23.5 Å². The second kappa shape index (κ2) is 4.46. The minimum atomic E-state index is 0.118. The van der Waals surface area contributed by atoms with Crippen LogP contribution in [0.1, 0.15) is 23.7 Å². The number of rotatable bonds is 2. The summed E-state index contributed by atoms with van der Waals surface area (Å²) in [6, 6.07) is 7.41. The molecule has 0 amide bonds. The summed E-state index contributed by atoms with van der Waals surface area (Å²) in [7, 11) is 0. The van der Waals surface area contributed by atoms with Gasteiger partial charge in [0.15, 0.2) is 5.82 Å². The first-order valence-corrected chi connectivity index (χ1v) is 8.10. The zero-order valence-corrected chi connectivity index (χ0v) is 12.4. The standard InChI is InChI=1S/C13H12N4OS2/c1-2-10-14-15-13-16(10)17-11(20-13)7-19-12(17)8-4-3-5-9(18)6-8/h3-7,12,18H,2H2,1H3. The molecule has 0 spiro atoms. The van der Waals surface area contributed by atoms with Crippen molar-refractivity contribution in [3.8, 4) is 5.75 Å². The molecule has 2 aromatic rings. The molecule has 3 heterocycles. The fraction of sp³-hybridized carbons (Fsp3) is 0.231. The minimum absolute atomic E-state index is 0.118. The maximum atomic E-state index is 9.69. The van der Waals surface area contributed by atoms with E-state index < -0.39 is 0 Å². The van der Waals surface area contributed by atoms with Gasteiger partial charge in [-0.15, -0.1) is 10.2 Å². The van der Waals surface area contributed by atoms with Gasteiger partial charge in [-0.2, -0.15) is 0 Å². The quantitative estimate of drug-likeness (QED) is 0.921. The van der Waals surface area contributed by atoms with Crippen LogP contribution in [-0.2, 0) is 6.42 Å². The second-order valence-corrected chi connectivity index (χ2v) is 6.49. The van der Waals surface area contributed by atoms with Crippen LogP contribution >= 0.6 is 23.5 Å². The average molecular weight is 304 g/mol. The number of aromatic hydroxyl groups is 1. The molecule has 0 aliphatic carbocycles. The van der Waals surface area contributed by atoms with E-state index in [2.05, 4.69) is 32.2 Å². The molecule has 7 heteroatoms. The van der Waals surface area contributed by atoms with Crippen LogP contribution in [0.4, 0.5) is 0 Å². The third kappa shape index (κ3) is 1.66. The smallest absolute Gasteiger partial charge is 0.216 e. The average Bonchev–Trinajstić information content (AvgIpc) is 3.08. The van der Waals surface area contributed by atoms with Crippen LogP contribution in [0, 0.1) is 0 Å². The Balaban J connectivity index is 1.79. The molecular weight excluding hydrogens is 292 g/mol. The molecule has 1 aromatic carbocycles. The van der Waals surface area contributed by atoms with Crippen molar-refractivity contribution in [1.29, 1.82) is 0 Å². The molecule has 0 bridgehead atoms. The molecule has 1 aromatic heterocycles. The van der Waals surface area contributed by atoms with Crippen molar-refractivity contribution < 1.29 is 5.11 Å². The van der Waals surface area contributed by atoms with Gasteiger partial charge in [0.1, 0.15) is 16.2 Å². The van der Waals surface area contributed by atoms with Gasteiger partial charge in [0.25, 0.3) is 0 Å². The molecule has 4 rings (SSSR count). The van der Waals surface area contributed by atoms with Gasteiger partial charge < -0.3 is 5.11 Å². The molecule has 5 nitrogen and oxygen atoms in total. The predicted molar refractivity (Wildman–Crippen MR) is 80.0 cm³/mol. The molecule has 0 saturated carbocycles. The number of aromatic nitrogens is 3. The lowest BCUT2D eigenvalue weighted by Gasteiger charge is -2.25. The normalized spacial score (nSPS) is 19.9. The fourth-order valence-corrected chi connectivity index (χ4v) is 4.65. The highest BCUT2D eigenvalue weighted by atomic mass is 32.2. The Hall–Kier alpha value is -1.60. The summed E-state index contributed by atoms with van der Waals surface area (Å²) >= 11 is 3.38. The minimum Gasteiger partial charge on any atom is -0.508 e. The monoisotopic (exact) mass is 304 g/mol. The van der Waals surface area contributed by atoms with Crippen molar-refractivity contribution in [2.75, 3.05) is 5.01 Å². The summed E-state index contributed by atoms with van der Waals surface area (Å²) in [5, 5.41) is 24.7. The maximum absolute atomic E-state index is 9.69. The number of hydrogen-bond acceptors (Lipinski definition) is 6. The van der Waals surface area contributed by atoms with Crippen molar-refractivity contribution in [3.63, 3.8) is 0 Å². The van der Waals surface area contributed by atoms with Crippen LogP contribution in [0.2, 0.25) is 0 Å². The lowest BCUT2D eigenvalue weighted by Crippen LogP contribution is -2.30. The van der Waals surface area contributed by atoms with E-state index in [1.807, 2.05) is 18.2 Å². The summed E-state index contributed by atoms with van der Waals surface area (Å²) in [6.45, 7) is 2.08. The third-order valence-electron chi connectivity index (χ3n) is 3.31. The van der Waals surface area contributed by atoms with E-state index in [0.717, 1.165) is 23.0 Å². The Morgan fingerprint density at radius 2 is 2.25 bits per heavy atom. The highest BCUT2D eigenvalue weighted by Crippen LogP contribution is 2.51. The first-order valence-electron chi connectivity index (χ1n) is 6.34. The van der Waals surface area contributed by atoms with E-state index in [1.54, 1.807) is 29.6 Å². The molecule has 102 valence electrons. The molecule has 0 fully saturated rings. The lowest BCUT2D eigenvalue weighted by atomic mass is 10.2. The van der Waals surface area contributed by atoms with Crippen LogP contribution in [0.5, 0.6) is 5.75 Å². The molecule has 2 aliphatic heterocycles. The van der Waals surface area contributed by atoms with Gasteiger partial charge in [0.2, 0.25) is 5.16 Å². The number of thioether (sulfide) groups is 2. The van der Waals surface area contributed by atoms with Gasteiger partial charge in [-0.25, -0.2) is 4.68 Å². The van der Waals surface area contributed by atoms with Crippen molar-refractivity contribution in [2.24, 2.45) is 0 Å². The number of phenolic OH excluding ortho intramolecular Hbond substituents is 1. The van der Waals surface area contributed by atoms with Crippen LogP contribution < -0.4 is 5.01 Å². The van der Waals surface area contributed by atoms with E-state index in [9.17, 15) is 5.11 Å². The molecule has 1 atom stereocenters. The largest absolute Gasteiger partial charge is 0.508 e. The number of nitrogens with zero attached hydrogens (tertiary/aromatic N) is 4. The van der Waals surface area contributed by atoms with Gasteiger partial charge in [0, 0.05) is 11.8 Å². The molecule has 0 radical (unpaired) electrons. The van der Waals surface area contributed by atoms with Crippen LogP contribution in [0.25, 0.3) is 0 Å². The molecule has 0 saturated heterocycles. The summed E-state index contributed by atoms with van der Waals surface area (Å²) in [4.78, 5) is 0. The van der Waals surface area contributed by atoms with Crippen LogP contribution in [0.15, 0.2) is 39.9 Å². The predicted octanol–water partition coefficient (Wildman–Crippen LogP) is 2.83. The van der Waals surface area contributed by atoms with E-state index >= 15 is 0 Å². The van der Waals surface area contributed by atoms with Crippen LogP contribution in [-0.4, -0.2) is 20.0 Å². The van der Waals surface area contributed by atoms with Crippen LogP contribution in [0.3, 0.4) is 0 Å². The third-order valence-corrected chi connectivity index (χ3v) is 5.49. The Morgan fingerprint density at radius 1 is 1.35 bits per heavy atom. The zero-order valence-electron chi connectivity index (χ0n) is 10.7. The Labute approximate surface area is 124 Å². The maximum Gasteiger partial charge on any atom is 0.216 e. The molecule has 20 heavy (non-hydrogen) atoms. The number of aryl methyl sites for hydroxylation is 1. The number of hydrogen-bond donors (Lipinski definition) is 1. The molecule has 1 N–H and O–H groups in total. The van der Waals surface area contributed by atoms with E-state index in [0.29, 0.717) is 5.75 Å². The van der Waals surface area contributed by atoms with E-state index in [1.165, 1.54) is 5.03 Å².